The van der Waals surface area contributed by atoms with E-state index in [0.717, 1.165) is 0 Å². The van der Waals surface area contributed by atoms with Gasteiger partial charge in [-0.25, -0.2) is 0 Å². The topological polar surface area (TPSA) is 0 Å². The average molecular weight is 763 g/mol. The van der Waals surface area contributed by atoms with E-state index < -0.39 is 0 Å². The number of hydrogen-bond donors (Lipinski definition) is 0. The molecule has 0 nitrogen and oxygen atoms in total. The molecule has 0 radical (unpaired) electrons. The summed E-state index contributed by atoms with van der Waals surface area (Å²) in [6.07, 6.45) is 0. The highest BCUT2D eigenvalue weighted by molar-refractivity contribution is 8.01. The molecule has 0 aromatic heterocycles. The number of rotatable bonds is 4. The van der Waals surface area contributed by atoms with E-state index in [4.69, 9.17) is 0 Å². The summed E-state index contributed by atoms with van der Waals surface area (Å²) in [6, 6.07) is 68.4. The fourth-order valence-electron chi connectivity index (χ4n) is 9.19. The van der Waals surface area contributed by atoms with Crippen molar-refractivity contribution >= 4 is 68.2 Å². The number of hydrogen-bond acceptors (Lipinski definition) is 2. The Morgan fingerprint density at radius 3 is 1.35 bits per heavy atom. The molecule has 0 atom stereocenters. The Balaban J connectivity index is 1.19. The molecule has 270 valence electrons. The van der Waals surface area contributed by atoms with E-state index in [1.54, 1.807) is 0 Å². The summed E-state index contributed by atoms with van der Waals surface area (Å²) in [5, 5.41) is 5.08. The van der Waals surface area contributed by atoms with Gasteiger partial charge in [-0.05, 0) is 125 Å². The molecule has 0 fully saturated rings. The predicted octanol–water partition coefficient (Wildman–Crippen LogP) is 13.4. The Morgan fingerprint density at radius 2 is 0.789 bits per heavy atom. The van der Waals surface area contributed by atoms with Gasteiger partial charge in [0.2, 0.25) is 6.71 Å². The van der Waals surface area contributed by atoms with E-state index in [0.29, 0.717) is 0 Å². The van der Waals surface area contributed by atoms with Gasteiger partial charge in [-0.15, -0.1) is 0 Å². The number of benzene rings is 9. The average Bonchev–Trinajstić information content (AvgIpc) is 3.25. The second-order valence-electron chi connectivity index (χ2n) is 16.4. The molecular weight excluding hydrogens is 724 g/mol. The molecule has 0 saturated heterocycles. The van der Waals surface area contributed by atoms with Crippen molar-refractivity contribution in [1.82, 2.24) is 0 Å². The minimum Gasteiger partial charge on any atom is -0.0911 e. The largest absolute Gasteiger partial charge is 0.247 e. The summed E-state index contributed by atoms with van der Waals surface area (Å²) in [7, 11) is 0. The molecule has 0 unspecified atom stereocenters. The van der Waals surface area contributed by atoms with E-state index in [9.17, 15) is 0 Å². The summed E-state index contributed by atoms with van der Waals surface area (Å²) < 4.78 is 0. The Bertz CT molecular complexity index is 2940. The van der Waals surface area contributed by atoms with Crippen LogP contribution in [0, 0.1) is 0 Å². The lowest BCUT2D eigenvalue weighted by Crippen LogP contribution is -2.57. The van der Waals surface area contributed by atoms with Crippen LogP contribution >= 0.6 is 23.5 Å². The van der Waals surface area contributed by atoms with E-state index in [1.807, 2.05) is 23.5 Å². The van der Waals surface area contributed by atoms with Crippen LogP contribution < -0.4 is 16.4 Å². The molecule has 2 aliphatic rings. The molecule has 0 bridgehead atoms. The molecule has 2 heterocycles. The highest BCUT2D eigenvalue weighted by Gasteiger charge is 2.38. The van der Waals surface area contributed by atoms with Crippen molar-refractivity contribution in [1.29, 1.82) is 0 Å². The molecular formula is C54H39BS2. The fourth-order valence-corrected chi connectivity index (χ4v) is 11.7. The van der Waals surface area contributed by atoms with Gasteiger partial charge in [0.15, 0.2) is 0 Å². The number of fused-ring (bicyclic) bond motifs is 6. The van der Waals surface area contributed by atoms with Crippen molar-refractivity contribution in [2.45, 2.75) is 45.8 Å². The van der Waals surface area contributed by atoms with E-state index in [1.165, 1.54) is 108 Å². The highest BCUT2D eigenvalue weighted by atomic mass is 32.2. The van der Waals surface area contributed by atoms with Gasteiger partial charge in [-0.3, -0.25) is 0 Å². The first-order chi connectivity index (χ1) is 27.9. The van der Waals surface area contributed by atoms with Gasteiger partial charge in [0.05, 0.1) is 0 Å². The van der Waals surface area contributed by atoms with E-state index in [2.05, 4.69) is 203 Å². The van der Waals surface area contributed by atoms with Crippen molar-refractivity contribution < 1.29 is 0 Å². The summed E-state index contributed by atoms with van der Waals surface area (Å²) in [5.41, 5.74) is 15.7. The van der Waals surface area contributed by atoms with Crippen molar-refractivity contribution in [3.05, 3.63) is 188 Å². The molecule has 0 spiro atoms. The second kappa shape index (κ2) is 13.4. The minimum absolute atomic E-state index is 0.0366. The van der Waals surface area contributed by atoms with Crippen molar-refractivity contribution in [2.75, 3.05) is 0 Å². The van der Waals surface area contributed by atoms with Gasteiger partial charge in [0.25, 0.3) is 0 Å². The first-order valence-electron chi connectivity index (χ1n) is 19.9. The first kappa shape index (κ1) is 34.5. The Morgan fingerprint density at radius 1 is 0.351 bits per heavy atom. The summed E-state index contributed by atoms with van der Waals surface area (Å²) in [4.78, 5) is 5.42. The predicted molar refractivity (Wildman–Crippen MR) is 248 cm³/mol. The van der Waals surface area contributed by atoms with Gasteiger partial charge in [0, 0.05) is 19.6 Å². The molecule has 0 amide bonds. The highest BCUT2D eigenvalue weighted by Crippen LogP contribution is 2.47. The maximum absolute atomic E-state index is 2.48. The Hall–Kier alpha value is -5.74. The van der Waals surface area contributed by atoms with Gasteiger partial charge in [0.1, 0.15) is 0 Å². The van der Waals surface area contributed by atoms with Crippen LogP contribution in [0.25, 0.3) is 66.1 Å². The van der Waals surface area contributed by atoms with Crippen molar-refractivity contribution in [3.63, 3.8) is 0 Å². The fraction of sp³-hybridized carbons (Fsp3) is 0.0741. The van der Waals surface area contributed by atoms with E-state index >= 15 is 0 Å². The van der Waals surface area contributed by atoms with Gasteiger partial charge in [-0.2, -0.15) is 0 Å². The van der Waals surface area contributed by atoms with Crippen molar-refractivity contribution in [3.8, 4) is 44.5 Å². The quantitative estimate of drug-likeness (QED) is 0.129. The zero-order chi connectivity index (χ0) is 38.3. The molecule has 57 heavy (non-hydrogen) atoms. The summed E-state index contributed by atoms with van der Waals surface area (Å²) >= 11 is 3.86. The minimum atomic E-state index is 0.0366. The normalized spacial score (nSPS) is 13.0. The zero-order valence-electron chi connectivity index (χ0n) is 32.2. The standard InChI is InChI=1S/C54H39BS2/c1-54(2,3)40-19-15-18-35(31-40)36-28-37(38-32-49-53-50(33-38)57-48-27-14-12-25-46(48)55(53)45-24-11-13-26-47(45)56-49)30-39(29-36)52-43-22-9-7-20-41(43)51(34-16-5-4-6-17-34)42-21-8-10-23-44(42)52/h4-33H,1-3H3. The van der Waals surface area contributed by atoms with Crippen LogP contribution in [0.1, 0.15) is 26.3 Å². The van der Waals surface area contributed by atoms with Crippen LogP contribution in [0.3, 0.4) is 0 Å². The molecule has 11 rings (SSSR count). The molecule has 9 aromatic rings. The van der Waals surface area contributed by atoms with Crippen LogP contribution in [0.2, 0.25) is 0 Å². The third-order valence-electron chi connectivity index (χ3n) is 11.9. The van der Waals surface area contributed by atoms with Crippen LogP contribution in [-0.4, -0.2) is 6.71 Å². The molecule has 0 N–H and O–H groups in total. The molecule has 0 saturated carbocycles. The molecule has 9 aromatic carbocycles. The maximum Gasteiger partial charge on any atom is 0.247 e. The van der Waals surface area contributed by atoms with Crippen LogP contribution in [0.15, 0.2) is 202 Å². The van der Waals surface area contributed by atoms with Crippen LogP contribution in [-0.2, 0) is 5.41 Å². The Labute approximate surface area is 344 Å². The van der Waals surface area contributed by atoms with Gasteiger partial charge < -0.3 is 0 Å². The van der Waals surface area contributed by atoms with Crippen LogP contribution in [0.5, 0.6) is 0 Å². The Kier molecular flexibility index (Phi) is 8.14. The third kappa shape index (κ3) is 5.79. The van der Waals surface area contributed by atoms with Gasteiger partial charge >= 0.3 is 0 Å². The molecule has 0 aliphatic carbocycles. The van der Waals surface area contributed by atoms with Gasteiger partial charge in [-0.1, -0.05) is 195 Å². The van der Waals surface area contributed by atoms with E-state index in [-0.39, 0.29) is 12.1 Å². The smallest absolute Gasteiger partial charge is 0.0911 e. The first-order valence-corrected chi connectivity index (χ1v) is 21.5. The molecule has 2 aliphatic heterocycles. The summed E-state index contributed by atoms with van der Waals surface area (Å²) in [6.45, 7) is 7.15. The maximum atomic E-state index is 2.48. The second-order valence-corrected chi connectivity index (χ2v) is 18.6. The lowest BCUT2D eigenvalue weighted by molar-refractivity contribution is 0.590. The molecule has 3 heteroatoms. The lowest BCUT2D eigenvalue weighted by Gasteiger charge is -2.33. The lowest BCUT2D eigenvalue weighted by atomic mass is 9.36. The monoisotopic (exact) mass is 762 g/mol. The van der Waals surface area contributed by atoms with Crippen LogP contribution in [0.4, 0.5) is 0 Å². The third-order valence-corrected chi connectivity index (χ3v) is 14.2. The zero-order valence-corrected chi connectivity index (χ0v) is 33.8. The van der Waals surface area contributed by atoms with Crippen molar-refractivity contribution in [2.24, 2.45) is 0 Å². The summed E-state index contributed by atoms with van der Waals surface area (Å²) in [5.74, 6) is 0. The SMILES string of the molecule is CC(C)(C)c1cccc(-c2cc(-c3cc4c5c(c3)Sc3ccccc3B5c3ccccc3S4)cc(-c3c4ccccc4c(-c4ccccc4)c4ccccc34)c2)c1.